The van der Waals surface area contributed by atoms with Crippen LogP contribution < -0.4 is 0 Å². The lowest BCUT2D eigenvalue weighted by Crippen LogP contribution is -2.67. The van der Waals surface area contributed by atoms with E-state index in [1.807, 2.05) is 13.8 Å². The second-order valence-corrected chi connectivity index (χ2v) is 18.8. The fourth-order valence-corrected chi connectivity index (χ4v) is 12.8. The normalized spacial score (nSPS) is 55.5. The zero-order valence-electron chi connectivity index (χ0n) is 32.9. The lowest BCUT2D eigenvalue weighted by molar-refractivity contribution is -0.336. The average Bonchev–Trinajstić information content (AvgIpc) is 3.67. The zero-order valence-corrected chi connectivity index (χ0v) is 32.9. The van der Waals surface area contributed by atoms with Crippen LogP contribution in [-0.2, 0) is 38.0 Å². The highest BCUT2D eigenvalue weighted by Gasteiger charge is 2.71. The highest BCUT2D eigenvalue weighted by atomic mass is 16.7. The molecule has 4 aliphatic heterocycles. The molecule has 0 spiro atoms. The van der Waals surface area contributed by atoms with Gasteiger partial charge in [-0.3, -0.25) is 0 Å². The van der Waals surface area contributed by atoms with Crippen molar-refractivity contribution in [1.29, 1.82) is 0 Å². The van der Waals surface area contributed by atoms with E-state index >= 15 is 0 Å². The van der Waals surface area contributed by atoms with Crippen molar-refractivity contribution in [1.82, 2.24) is 0 Å². The topological polar surface area (TPSA) is 203 Å². The predicted molar refractivity (Wildman–Crippen MR) is 193 cm³/mol. The molecule has 0 amide bonds. The maximum absolute atomic E-state index is 12.6. The maximum Gasteiger partial charge on any atom is 0.331 e. The Bertz CT molecular complexity index is 1410. The summed E-state index contributed by atoms with van der Waals surface area (Å²) in [6, 6.07) is 0. The number of hydrogen-bond acceptors (Lipinski definition) is 14. The molecule has 0 aromatic rings. The number of carbonyl (C=O) groups excluding carboxylic acids is 1. The average molecular weight is 781 g/mol. The van der Waals surface area contributed by atoms with Crippen molar-refractivity contribution in [2.24, 2.45) is 34.5 Å². The molecule has 8 aliphatic rings. The van der Waals surface area contributed by atoms with E-state index in [-0.39, 0.29) is 61.1 Å². The largest absolute Gasteiger partial charge is 0.458 e. The Morgan fingerprint density at radius 1 is 0.691 bits per heavy atom. The van der Waals surface area contributed by atoms with Crippen LogP contribution in [0.1, 0.15) is 105 Å². The van der Waals surface area contributed by atoms with Gasteiger partial charge in [-0.1, -0.05) is 13.8 Å². The van der Waals surface area contributed by atoms with Crippen molar-refractivity contribution in [3.8, 4) is 0 Å². The highest BCUT2D eigenvalue weighted by Crippen LogP contribution is 2.70. The quantitative estimate of drug-likeness (QED) is 0.162. The van der Waals surface area contributed by atoms with Crippen molar-refractivity contribution >= 4 is 5.97 Å². The van der Waals surface area contributed by atoms with Crippen LogP contribution >= 0.6 is 0 Å². The smallest absolute Gasteiger partial charge is 0.331 e. The maximum atomic E-state index is 12.6. The Morgan fingerprint density at radius 2 is 1.29 bits per heavy atom. The molecule has 0 aromatic heterocycles. The third kappa shape index (κ3) is 6.95. The minimum atomic E-state index is -1.01. The van der Waals surface area contributed by atoms with Gasteiger partial charge >= 0.3 is 5.97 Å². The Labute approximate surface area is 323 Å². The van der Waals surface area contributed by atoms with Gasteiger partial charge in [-0.05, 0) is 107 Å². The van der Waals surface area contributed by atoms with Crippen molar-refractivity contribution in [2.45, 2.75) is 197 Å². The summed E-state index contributed by atoms with van der Waals surface area (Å²) in [5, 5.41) is 66.9. The molecule has 14 nitrogen and oxygen atoms in total. The molecular formula is C41H64O14. The Hall–Kier alpha value is -1.27. The molecule has 312 valence electrons. The van der Waals surface area contributed by atoms with Crippen LogP contribution in [0, 0.1) is 34.5 Å². The summed E-state index contributed by atoms with van der Waals surface area (Å²) < 4.78 is 42.1. The first-order valence-electron chi connectivity index (χ1n) is 20.9. The summed E-state index contributed by atoms with van der Waals surface area (Å²) in [6.07, 6.45) is -1.51. The first-order valence-corrected chi connectivity index (χ1v) is 20.9. The number of fused-ring (bicyclic) bond motifs is 5. The van der Waals surface area contributed by atoms with Gasteiger partial charge in [0.2, 0.25) is 0 Å². The summed E-state index contributed by atoms with van der Waals surface area (Å²) in [5.41, 5.74) is -0.892. The number of cyclic esters (lactones) is 1. The molecule has 14 heteroatoms. The second kappa shape index (κ2) is 15.1. The van der Waals surface area contributed by atoms with Crippen LogP contribution in [0.4, 0.5) is 0 Å². The Balaban J connectivity index is 0.837. The summed E-state index contributed by atoms with van der Waals surface area (Å²) in [7, 11) is 0. The summed E-state index contributed by atoms with van der Waals surface area (Å²) in [4.78, 5) is 11.9. The molecule has 8 rings (SSSR count). The minimum absolute atomic E-state index is 0.0452. The SMILES string of the molecule is CC1O[C@@H](O[C@@H]2C(C)O[C@@H](O[C@@H]3C(C)O[C@@H](O[C@H]4CC[C@@]5(C)[C@H](CC[C@@H]6[C@@H]5C[C@@H](O)[C@]5(C)[C@@H](C7=CC(=O)OC7)CC[C@]65O)C4)C[C@H]3O)C[C@H]2O)C[C@H](O)[C@@H]1O. The molecule has 55 heavy (non-hydrogen) atoms. The molecule has 3 unspecified atom stereocenters. The molecule has 0 radical (unpaired) electrons. The van der Waals surface area contributed by atoms with Crippen molar-refractivity contribution in [2.75, 3.05) is 6.61 Å². The third-order valence-corrected chi connectivity index (χ3v) is 16.0. The predicted octanol–water partition coefficient (Wildman–Crippen LogP) is 2.22. The van der Waals surface area contributed by atoms with Crippen LogP contribution in [0.2, 0.25) is 0 Å². The van der Waals surface area contributed by atoms with Crippen LogP contribution in [0.3, 0.4) is 0 Å². The minimum Gasteiger partial charge on any atom is -0.458 e. The number of rotatable bonds is 7. The number of carbonyl (C=O) groups is 1. The van der Waals surface area contributed by atoms with Crippen molar-refractivity contribution < 1.29 is 68.6 Å². The van der Waals surface area contributed by atoms with Crippen LogP contribution in [0.25, 0.3) is 0 Å². The molecule has 0 bridgehead atoms. The van der Waals surface area contributed by atoms with Gasteiger partial charge in [0, 0.05) is 30.8 Å². The molecule has 7 fully saturated rings. The molecule has 4 aliphatic carbocycles. The van der Waals surface area contributed by atoms with Gasteiger partial charge < -0.3 is 63.8 Å². The first kappa shape index (κ1) is 40.5. The fourth-order valence-electron chi connectivity index (χ4n) is 12.8. The van der Waals surface area contributed by atoms with Crippen LogP contribution in [-0.4, -0.2) is 135 Å². The first-order chi connectivity index (χ1) is 26.0. The highest BCUT2D eigenvalue weighted by molar-refractivity contribution is 5.85. The molecule has 4 heterocycles. The molecule has 21 atom stereocenters. The van der Waals surface area contributed by atoms with E-state index in [4.69, 9.17) is 33.2 Å². The monoisotopic (exact) mass is 780 g/mol. The second-order valence-electron chi connectivity index (χ2n) is 18.8. The molecule has 3 saturated heterocycles. The lowest BCUT2D eigenvalue weighted by atomic mass is 9.42. The molecule has 4 saturated carbocycles. The van der Waals surface area contributed by atoms with Gasteiger partial charge in [0.05, 0.1) is 54.4 Å². The fraction of sp³-hybridized carbons (Fsp3) is 0.927. The molecule has 0 aromatic carbocycles. The van der Waals surface area contributed by atoms with Gasteiger partial charge in [0.15, 0.2) is 18.9 Å². The summed E-state index contributed by atoms with van der Waals surface area (Å²) >= 11 is 0. The van der Waals surface area contributed by atoms with E-state index in [9.17, 15) is 35.4 Å². The van der Waals surface area contributed by atoms with Gasteiger partial charge in [0.1, 0.15) is 24.9 Å². The number of esters is 1. The standard InChI is InChI=1S/C41H64O14/c1-19-36(47)28(42)15-34(50-19)54-38-21(3)52-35(17-30(38)44)55-37-20(2)51-33(16-29(37)43)53-24-8-10-39(4)23(13-24)6-7-26-27(39)14-31(45)40(5)25(9-11-41(26,40)48)22-12-32(46)49-18-22/h12,19-21,23-31,33-38,42-45,47-48H,6-11,13-18H2,1-5H3/t19?,20?,21?,23-,24+,25-,26-,27+,28+,29-,30-,31-,33+,34+,35+,36-,37-,38-,39+,40+,41+/m1/s1. The summed E-state index contributed by atoms with van der Waals surface area (Å²) in [5.74, 6) is 0.204. The van der Waals surface area contributed by atoms with Crippen LogP contribution in [0.5, 0.6) is 0 Å². The molecular weight excluding hydrogens is 716 g/mol. The number of aliphatic hydroxyl groups is 6. The summed E-state index contributed by atoms with van der Waals surface area (Å²) in [6.45, 7) is 9.90. The van der Waals surface area contributed by atoms with Gasteiger partial charge in [-0.25, -0.2) is 4.79 Å². The van der Waals surface area contributed by atoms with E-state index in [1.54, 1.807) is 19.9 Å². The van der Waals surface area contributed by atoms with E-state index in [2.05, 4.69) is 6.92 Å². The number of aliphatic hydroxyl groups excluding tert-OH is 5. The van der Waals surface area contributed by atoms with E-state index in [0.29, 0.717) is 18.8 Å². The third-order valence-electron chi connectivity index (χ3n) is 16.0. The van der Waals surface area contributed by atoms with E-state index in [0.717, 1.165) is 44.1 Å². The lowest BCUT2D eigenvalue weighted by Gasteiger charge is -2.65. The van der Waals surface area contributed by atoms with Gasteiger partial charge in [0.25, 0.3) is 0 Å². The van der Waals surface area contributed by atoms with Crippen molar-refractivity contribution in [3.63, 3.8) is 0 Å². The zero-order chi connectivity index (χ0) is 39.2. The Kier molecular flexibility index (Phi) is 11.1. The van der Waals surface area contributed by atoms with E-state index in [1.165, 1.54) is 0 Å². The van der Waals surface area contributed by atoms with Gasteiger partial charge in [-0.15, -0.1) is 0 Å². The Morgan fingerprint density at radius 3 is 1.87 bits per heavy atom. The van der Waals surface area contributed by atoms with E-state index < -0.39 is 90.9 Å². The number of hydrogen-bond donors (Lipinski definition) is 6. The number of ether oxygens (including phenoxy) is 7. The molecule has 6 N–H and O–H groups in total. The van der Waals surface area contributed by atoms with Gasteiger partial charge in [-0.2, -0.15) is 0 Å². The van der Waals surface area contributed by atoms with Crippen LogP contribution in [0.15, 0.2) is 11.6 Å². The van der Waals surface area contributed by atoms with Crippen molar-refractivity contribution in [3.05, 3.63) is 11.6 Å².